The molecule has 0 bridgehead atoms. The zero-order chi connectivity index (χ0) is 30.6. The summed E-state index contributed by atoms with van der Waals surface area (Å²) in [5, 5.41) is 22.1. The van der Waals surface area contributed by atoms with Crippen molar-refractivity contribution in [3.63, 3.8) is 0 Å². The first-order valence-corrected chi connectivity index (χ1v) is 14.8. The monoisotopic (exact) mass is 695 g/mol. The molecule has 0 saturated heterocycles. The first-order valence-electron chi connectivity index (χ1n) is 13.2. The molecule has 3 N–H and O–H groups in total. The number of nitrogens with one attached hydrogen (secondary N) is 1. The highest BCUT2D eigenvalue weighted by atomic mass is 79.9. The van der Waals surface area contributed by atoms with Gasteiger partial charge in [-0.2, -0.15) is 0 Å². The number of hydrogen-bond acceptors (Lipinski definition) is 5. The van der Waals surface area contributed by atoms with Crippen LogP contribution in [0.4, 0.5) is 0 Å². The fraction of sp³-hybridized carbons (Fsp3) is 0.212. The van der Waals surface area contributed by atoms with Crippen molar-refractivity contribution < 1.29 is 29.3 Å². The molecule has 4 rings (SSSR count). The number of ether oxygens (including phenoxy) is 2. The summed E-state index contributed by atoms with van der Waals surface area (Å²) in [5.41, 5.74) is 4.41. The molecule has 1 atom stereocenters. The lowest BCUT2D eigenvalue weighted by Gasteiger charge is -2.26. The Morgan fingerprint density at radius 2 is 1.55 bits per heavy atom. The summed E-state index contributed by atoms with van der Waals surface area (Å²) >= 11 is 7.10. The van der Waals surface area contributed by atoms with Crippen molar-refractivity contribution in [2.24, 2.45) is 0 Å². The summed E-state index contributed by atoms with van der Waals surface area (Å²) < 4.78 is 13.5. The normalized spacial score (nSPS) is 11.7. The Hall–Kier alpha value is -3.82. The zero-order valence-corrected chi connectivity index (χ0v) is 26.7. The van der Waals surface area contributed by atoms with Gasteiger partial charge in [-0.15, -0.1) is 0 Å². The lowest BCUT2D eigenvalue weighted by atomic mass is 9.92. The Labute approximate surface area is 261 Å². The van der Waals surface area contributed by atoms with Crippen LogP contribution in [0.25, 0.3) is 0 Å². The van der Waals surface area contributed by atoms with E-state index in [9.17, 15) is 19.8 Å². The van der Waals surface area contributed by atoms with E-state index in [1.54, 1.807) is 31.4 Å². The number of carbonyl (C=O) groups excluding carboxylic acids is 1. The summed E-state index contributed by atoms with van der Waals surface area (Å²) in [5.74, 6) is 0.495. The van der Waals surface area contributed by atoms with E-state index < -0.39 is 12.0 Å². The Morgan fingerprint density at radius 1 is 0.905 bits per heavy atom. The van der Waals surface area contributed by atoms with Crippen LogP contribution in [-0.4, -0.2) is 29.2 Å². The number of amides is 1. The van der Waals surface area contributed by atoms with Gasteiger partial charge in [-0.1, -0.05) is 43.7 Å². The lowest BCUT2D eigenvalue weighted by Crippen LogP contribution is -2.29. The number of phenols is 1. The second-order valence-corrected chi connectivity index (χ2v) is 11.9. The lowest BCUT2D eigenvalue weighted by molar-refractivity contribution is -0.136. The van der Waals surface area contributed by atoms with E-state index in [4.69, 9.17) is 9.47 Å². The van der Waals surface area contributed by atoms with Crippen LogP contribution in [0.1, 0.15) is 64.0 Å². The molecule has 4 aromatic carbocycles. The molecule has 1 amide bonds. The summed E-state index contributed by atoms with van der Waals surface area (Å²) in [6.07, 6.45) is -0.137. The smallest absolute Gasteiger partial charge is 0.307 e. The number of halogens is 2. The zero-order valence-electron chi connectivity index (χ0n) is 23.6. The Morgan fingerprint density at radius 3 is 2.12 bits per heavy atom. The molecular formula is C33H31Br2NO6. The molecule has 7 nitrogen and oxygen atoms in total. The average Bonchev–Trinajstić information content (AvgIpc) is 2.93. The third-order valence-electron chi connectivity index (χ3n) is 6.70. The second kappa shape index (κ2) is 13.4. The van der Waals surface area contributed by atoms with Gasteiger partial charge in [-0.25, -0.2) is 0 Å². The van der Waals surface area contributed by atoms with E-state index in [0.717, 1.165) is 16.7 Å². The number of carboxylic acid groups (broad SMARTS) is 1. The fourth-order valence-electron chi connectivity index (χ4n) is 4.65. The highest BCUT2D eigenvalue weighted by Crippen LogP contribution is 2.44. The summed E-state index contributed by atoms with van der Waals surface area (Å²) in [6.45, 7) is 6.09. The molecule has 0 aliphatic heterocycles. The van der Waals surface area contributed by atoms with Crippen LogP contribution in [0.2, 0.25) is 0 Å². The number of aliphatic carboxylic acids is 1. The van der Waals surface area contributed by atoms with Gasteiger partial charge in [0.15, 0.2) is 5.75 Å². The predicted molar refractivity (Wildman–Crippen MR) is 169 cm³/mol. The number of carboxylic acids is 1. The van der Waals surface area contributed by atoms with Gasteiger partial charge >= 0.3 is 5.97 Å². The van der Waals surface area contributed by atoms with Crippen molar-refractivity contribution in [3.8, 4) is 23.0 Å². The predicted octanol–water partition coefficient (Wildman–Crippen LogP) is 8.30. The standard InChI is InChI=1S/C33H31Br2NO6/c1-18(2)24-16-29(42-32-26(34)13-20(14-27(32)35)15-30(38)39)25(17-28(24)41-4)31(22-7-5-6-19(3)12-22)36-33(40)21-8-10-23(37)11-9-21/h5-14,16-18,31,37H,15H2,1-4H3,(H,36,40)(H,38,39). The summed E-state index contributed by atoms with van der Waals surface area (Å²) in [6, 6.07) is 20.5. The van der Waals surface area contributed by atoms with Crippen molar-refractivity contribution in [1.29, 1.82) is 0 Å². The van der Waals surface area contributed by atoms with Crippen LogP contribution >= 0.6 is 31.9 Å². The first-order chi connectivity index (χ1) is 20.0. The van der Waals surface area contributed by atoms with Crippen molar-refractivity contribution in [1.82, 2.24) is 5.32 Å². The van der Waals surface area contributed by atoms with Crippen LogP contribution in [0, 0.1) is 6.92 Å². The maximum atomic E-state index is 13.5. The number of methoxy groups -OCH3 is 1. The molecule has 9 heteroatoms. The molecule has 0 aliphatic rings. The van der Waals surface area contributed by atoms with E-state index in [0.29, 0.717) is 42.9 Å². The Balaban J connectivity index is 1.89. The van der Waals surface area contributed by atoms with E-state index in [-0.39, 0.29) is 24.0 Å². The highest BCUT2D eigenvalue weighted by molar-refractivity contribution is 9.11. The minimum absolute atomic E-state index is 0.0667. The summed E-state index contributed by atoms with van der Waals surface area (Å²) in [4.78, 5) is 24.8. The fourth-order valence-corrected chi connectivity index (χ4v) is 6.09. The molecule has 0 saturated carbocycles. The van der Waals surface area contributed by atoms with E-state index >= 15 is 0 Å². The number of hydrogen-bond donors (Lipinski definition) is 3. The molecule has 218 valence electrons. The van der Waals surface area contributed by atoms with Crippen LogP contribution in [0.3, 0.4) is 0 Å². The largest absolute Gasteiger partial charge is 0.508 e. The van der Waals surface area contributed by atoms with Gasteiger partial charge in [0.2, 0.25) is 0 Å². The van der Waals surface area contributed by atoms with Crippen molar-refractivity contribution in [2.45, 2.75) is 39.2 Å². The molecule has 0 spiro atoms. The molecule has 0 aliphatic carbocycles. The van der Waals surface area contributed by atoms with Gasteiger partial charge in [0.05, 0.1) is 28.5 Å². The van der Waals surface area contributed by atoms with Crippen molar-refractivity contribution >= 4 is 43.7 Å². The second-order valence-electron chi connectivity index (χ2n) is 10.2. The molecule has 0 heterocycles. The van der Waals surface area contributed by atoms with Crippen molar-refractivity contribution in [2.75, 3.05) is 7.11 Å². The topological polar surface area (TPSA) is 105 Å². The molecule has 42 heavy (non-hydrogen) atoms. The maximum Gasteiger partial charge on any atom is 0.307 e. The quantitative estimate of drug-likeness (QED) is 0.154. The third kappa shape index (κ3) is 7.33. The SMILES string of the molecule is COc1cc(C(NC(=O)c2ccc(O)cc2)c2cccc(C)c2)c(Oc2c(Br)cc(CC(=O)O)cc2Br)cc1C(C)C. The number of carbonyl (C=O) groups is 2. The molecule has 0 radical (unpaired) electrons. The maximum absolute atomic E-state index is 13.5. The first kappa shape index (κ1) is 31.1. The van der Waals surface area contributed by atoms with Gasteiger partial charge in [0.25, 0.3) is 5.91 Å². The minimum Gasteiger partial charge on any atom is -0.508 e. The highest BCUT2D eigenvalue weighted by Gasteiger charge is 2.26. The molecule has 1 unspecified atom stereocenters. The van der Waals surface area contributed by atoms with Gasteiger partial charge in [0.1, 0.15) is 17.2 Å². The molecule has 4 aromatic rings. The van der Waals surface area contributed by atoms with Crippen molar-refractivity contribution in [3.05, 3.63) is 115 Å². The number of rotatable bonds is 10. The van der Waals surface area contributed by atoms with E-state index in [2.05, 4.69) is 51.0 Å². The third-order valence-corrected chi connectivity index (χ3v) is 7.88. The van der Waals surface area contributed by atoms with E-state index in [1.165, 1.54) is 12.1 Å². The number of benzene rings is 4. The Bertz CT molecular complexity index is 1590. The molecular weight excluding hydrogens is 666 g/mol. The minimum atomic E-state index is -0.938. The van der Waals surface area contributed by atoms with Gasteiger partial charge in [-0.3, -0.25) is 9.59 Å². The number of aryl methyl sites for hydroxylation is 1. The Kier molecular flexibility index (Phi) is 9.96. The number of aromatic hydroxyl groups is 1. The van der Waals surface area contributed by atoms with Crippen LogP contribution in [-0.2, 0) is 11.2 Å². The van der Waals surface area contributed by atoms with Crippen LogP contribution in [0.5, 0.6) is 23.0 Å². The average molecular weight is 697 g/mol. The summed E-state index contributed by atoms with van der Waals surface area (Å²) in [7, 11) is 1.61. The van der Waals surface area contributed by atoms with Gasteiger partial charge in [0, 0.05) is 16.7 Å². The number of phenolic OH excluding ortho intramolecular Hbond substituents is 1. The van der Waals surface area contributed by atoms with Crippen LogP contribution < -0.4 is 14.8 Å². The molecule has 0 fully saturated rings. The van der Waals surface area contributed by atoms with E-state index in [1.807, 2.05) is 43.3 Å². The molecule has 0 aromatic heterocycles. The van der Waals surface area contributed by atoms with Gasteiger partial charge < -0.3 is 25.0 Å². The van der Waals surface area contributed by atoms with Gasteiger partial charge in [-0.05, 0) is 104 Å². The van der Waals surface area contributed by atoms with Crippen LogP contribution in [0.15, 0.2) is 81.7 Å².